The Morgan fingerprint density at radius 2 is 0.645 bits per heavy atom. The Kier molecular flexibility index (Phi) is 9.48. The Labute approximate surface area is 364 Å². The van der Waals surface area contributed by atoms with Gasteiger partial charge in [-0.25, -0.2) is 0 Å². The maximum absolute atomic E-state index is 2.52. The molecule has 0 heterocycles. The SMILES string of the molecule is c1ccc(-c2ccc(N(c3ccc(-c4ccccc4)cc3)c3cc4c(cc3-c3ccccc3)-c3c(-c5ccccc5)cccc3C4(c3ccccc3)c3ccccc3)cc2)cc1. The summed E-state index contributed by atoms with van der Waals surface area (Å²) < 4.78 is 0. The van der Waals surface area contributed by atoms with E-state index in [0.717, 1.165) is 28.2 Å². The van der Waals surface area contributed by atoms with Gasteiger partial charge in [0.05, 0.1) is 11.1 Å². The predicted octanol–water partition coefficient (Wildman–Crippen LogP) is 16.2. The second kappa shape index (κ2) is 15.9. The van der Waals surface area contributed by atoms with E-state index in [0.29, 0.717) is 0 Å². The summed E-state index contributed by atoms with van der Waals surface area (Å²) in [6, 6.07) is 95.4. The Morgan fingerprint density at radius 1 is 0.258 bits per heavy atom. The van der Waals surface area contributed by atoms with Crippen molar-refractivity contribution in [1.82, 2.24) is 0 Å². The van der Waals surface area contributed by atoms with Crippen molar-refractivity contribution in [3.05, 3.63) is 283 Å². The molecule has 0 saturated heterocycles. The molecule has 0 aliphatic heterocycles. The molecule has 0 bridgehead atoms. The Bertz CT molecular complexity index is 2980. The van der Waals surface area contributed by atoms with Crippen molar-refractivity contribution < 1.29 is 0 Å². The fourth-order valence-electron chi connectivity index (χ4n) is 9.76. The lowest BCUT2D eigenvalue weighted by molar-refractivity contribution is 0.768. The zero-order valence-electron chi connectivity index (χ0n) is 34.3. The fraction of sp³-hybridized carbons (Fsp3) is 0.0164. The number of nitrogens with zero attached hydrogens (tertiary/aromatic N) is 1. The second-order valence-electron chi connectivity index (χ2n) is 16.0. The summed E-state index contributed by atoms with van der Waals surface area (Å²) in [4.78, 5) is 2.47. The van der Waals surface area contributed by atoms with Gasteiger partial charge in [0.2, 0.25) is 0 Å². The summed E-state index contributed by atoms with van der Waals surface area (Å²) in [7, 11) is 0. The van der Waals surface area contributed by atoms with E-state index < -0.39 is 5.41 Å². The molecule has 1 aliphatic rings. The molecule has 0 amide bonds. The van der Waals surface area contributed by atoms with Crippen LogP contribution in [0.25, 0.3) is 55.6 Å². The van der Waals surface area contributed by atoms with Gasteiger partial charge in [0.1, 0.15) is 0 Å². The first-order valence-electron chi connectivity index (χ1n) is 21.4. The van der Waals surface area contributed by atoms with E-state index >= 15 is 0 Å². The number of anilines is 3. The average Bonchev–Trinajstić information content (AvgIpc) is 3.66. The monoisotopic (exact) mass is 789 g/mol. The van der Waals surface area contributed by atoms with Crippen LogP contribution in [0.3, 0.4) is 0 Å². The highest BCUT2D eigenvalue weighted by atomic mass is 15.1. The Balaban J connectivity index is 1.24. The van der Waals surface area contributed by atoms with Crippen LogP contribution in [-0.4, -0.2) is 0 Å². The topological polar surface area (TPSA) is 3.24 Å². The van der Waals surface area contributed by atoms with Gasteiger partial charge >= 0.3 is 0 Å². The van der Waals surface area contributed by atoms with Gasteiger partial charge in [-0.1, -0.05) is 224 Å². The summed E-state index contributed by atoms with van der Waals surface area (Å²) in [6.45, 7) is 0. The number of hydrogen-bond acceptors (Lipinski definition) is 1. The van der Waals surface area contributed by atoms with Crippen molar-refractivity contribution in [2.24, 2.45) is 0 Å². The Hall–Kier alpha value is -8.00. The number of hydrogen-bond donors (Lipinski definition) is 0. The molecule has 62 heavy (non-hydrogen) atoms. The molecule has 0 fully saturated rings. The third kappa shape index (κ3) is 6.35. The van der Waals surface area contributed by atoms with E-state index in [1.54, 1.807) is 0 Å². The van der Waals surface area contributed by atoms with Crippen LogP contribution in [0.15, 0.2) is 261 Å². The van der Waals surface area contributed by atoms with E-state index in [9.17, 15) is 0 Å². The first-order chi connectivity index (χ1) is 30.8. The van der Waals surface area contributed by atoms with Crippen LogP contribution in [0.1, 0.15) is 22.3 Å². The molecule has 1 aliphatic carbocycles. The third-order valence-corrected chi connectivity index (χ3v) is 12.6. The van der Waals surface area contributed by atoms with Crippen LogP contribution in [0.5, 0.6) is 0 Å². The van der Waals surface area contributed by atoms with Gasteiger partial charge in [-0.15, -0.1) is 0 Å². The molecule has 0 spiro atoms. The van der Waals surface area contributed by atoms with Crippen molar-refractivity contribution >= 4 is 17.1 Å². The fourth-order valence-corrected chi connectivity index (χ4v) is 9.76. The third-order valence-electron chi connectivity index (χ3n) is 12.6. The molecular formula is C61H43N. The summed E-state index contributed by atoms with van der Waals surface area (Å²) in [5, 5.41) is 0. The van der Waals surface area contributed by atoms with Gasteiger partial charge in [-0.05, 0) is 109 Å². The first-order valence-corrected chi connectivity index (χ1v) is 21.4. The van der Waals surface area contributed by atoms with Crippen molar-refractivity contribution in [1.29, 1.82) is 0 Å². The molecule has 0 atom stereocenters. The molecule has 0 unspecified atom stereocenters. The average molecular weight is 790 g/mol. The molecular weight excluding hydrogens is 747 g/mol. The van der Waals surface area contributed by atoms with Crippen LogP contribution in [0.4, 0.5) is 17.1 Å². The molecule has 10 aromatic rings. The summed E-state index contributed by atoms with van der Waals surface area (Å²) in [5.74, 6) is 0. The first kappa shape index (κ1) is 37.0. The van der Waals surface area contributed by atoms with E-state index in [1.165, 1.54) is 66.8 Å². The van der Waals surface area contributed by atoms with Gasteiger partial charge in [0.15, 0.2) is 0 Å². The lowest BCUT2D eigenvalue weighted by atomic mass is 9.67. The predicted molar refractivity (Wildman–Crippen MR) is 260 cm³/mol. The Morgan fingerprint density at radius 3 is 1.10 bits per heavy atom. The molecule has 292 valence electrons. The smallest absolute Gasteiger partial charge is 0.0714 e. The highest BCUT2D eigenvalue weighted by Gasteiger charge is 2.47. The highest BCUT2D eigenvalue weighted by molar-refractivity contribution is 6.01. The highest BCUT2D eigenvalue weighted by Crippen LogP contribution is 2.60. The molecule has 10 aromatic carbocycles. The lowest BCUT2D eigenvalue weighted by Gasteiger charge is -2.35. The number of benzene rings is 10. The standard InChI is InChI=1S/C61H43N/c1-7-20-44(21-8-1)46-34-38-52(39-35-46)62(53-40-36-47(37-41-53)45-22-9-2-10-23-45)59-43-58-56(42-55(59)49-26-13-4-14-27-49)60-54(48-24-11-3-12-25-48)32-19-33-57(60)61(58,50-28-15-5-16-29-50)51-30-17-6-18-31-51/h1-43H. The normalized spacial score (nSPS) is 12.3. The molecule has 0 aromatic heterocycles. The van der Waals surface area contributed by atoms with E-state index in [2.05, 4.69) is 266 Å². The van der Waals surface area contributed by atoms with E-state index in [1.807, 2.05) is 0 Å². The van der Waals surface area contributed by atoms with Crippen molar-refractivity contribution in [3.63, 3.8) is 0 Å². The molecule has 0 N–H and O–H groups in total. The maximum atomic E-state index is 2.52. The van der Waals surface area contributed by atoms with E-state index in [4.69, 9.17) is 0 Å². The maximum Gasteiger partial charge on any atom is 0.0714 e. The van der Waals surface area contributed by atoms with Crippen molar-refractivity contribution in [2.75, 3.05) is 4.90 Å². The quantitative estimate of drug-likeness (QED) is 0.141. The van der Waals surface area contributed by atoms with Gasteiger partial charge in [-0.2, -0.15) is 0 Å². The molecule has 1 heteroatoms. The molecule has 0 saturated carbocycles. The summed E-state index contributed by atoms with van der Waals surface area (Å²) in [6.07, 6.45) is 0. The lowest BCUT2D eigenvalue weighted by Crippen LogP contribution is -2.29. The van der Waals surface area contributed by atoms with Gasteiger partial charge in [0, 0.05) is 16.9 Å². The van der Waals surface area contributed by atoms with Crippen LogP contribution in [-0.2, 0) is 5.41 Å². The molecule has 11 rings (SSSR count). The minimum atomic E-state index is -0.609. The summed E-state index contributed by atoms with van der Waals surface area (Å²) >= 11 is 0. The largest absolute Gasteiger partial charge is 0.310 e. The van der Waals surface area contributed by atoms with E-state index in [-0.39, 0.29) is 0 Å². The van der Waals surface area contributed by atoms with Crippen LogP contribution in [0.2, 0.25) is 0 Å². The van der Waals surface area contributed by atoms with Gasteiger partial charge < -0.3 is 4.90 Å². The minimum Gasteiger partial charge on any atom is -0.310 e. The van der Waals surface area contributed by atoms with Crippen LogP contribution >= 0.6 is 0 Å². The minimum absolute atomic E-state index is 0.609. The van der Waals surface area contributed by atoms with Crippen LogP contribution < -0.4 is 4.90 Å². The number of fused-ring (bicyclic) bond motifs is 3. The van der Waals surface area contributed by atoms with Crippen molar-refractivity contribution in [3.8, 4) is 55.6 Å². The second-order valence-corrected chi connectivity index (χ2v) is 16.0. The van der Waals surface area contributed by atoms with Gasteiger partial charge in [-0.3, -0.25) is 0 Å². The van der Waals surface area contributed by atoms with Gasteiger partial charge in [0.25, 0.3) is 0 Å². The zero-order chi connectivity index (χ0) is 41.3. The number of rotatable bonds is 9. The molecule has 1 nitrogen and oxygen atoms in total. The van der Waals surface area contributed by atoms with Crippen LogP contribution in [0, 0.1) is 0 Å². The molecule has 0 radical (unpaired) electrons. The summed E-state index contributed by atoms with van der Waals surface area (Å²) in [5.41, 5.74) is 19.7. The zero-order valence-corrected chi connectivity index (χ0v) is 34.3. The van der Waals surface area contributed by atoms with Crippen molar-refractivity contribution in [2.45, 2.75) is 5.41 Å².